The molecular formula is C17H22N4S2. The van der Waals surface area contributed by atoms with Gasteiger partial charge in [-0.15, -0.1) is 11.3 Å². The second-order valence-corrected chi connectivity index (χ2v) is 7.82. The van der Waals surface area contributed by atoms with Crippen LogP contribution in [0.15, 0.2) is 34.6 Å². The van der Waals surface area contributed by atoms with Crippen molar-refractivity contribution in [2.45, 2.75) is 13.3 Å². The van der Waals surface area contributed by atoms with E-state index in [9.17, 15) is 0 Å². The first-order chi connectivity index (χ1) is 11.2. The Hall–Kier alpha value is -1.53. The molecule has 2 heterocycles. The number of aliphatic imine (C=N–C) groups is 1. The molecule has 4 nitrogen and oxygen atoms in total. The van der Waals surface area contributed by atoms with Gasteiger partial charge < -0.3 is 10.6 Å². The number of aryl methyl sites for hydroxylation is 1. The second kappa shape index (κ2) is 7.84. The molecule has 0 spiro atoms. The van der Waals surface area contributed by atoms with E-state index in [1.165, 1.54) is 11.1 Å². The van der Waals surface area contributed by atoms with Crippen molar-refractivity contribution in [3.8, 4) is 11.3 Å². The second-order valence-electron chi connectivity index (χ2n) is 5.54. The van der Waals surface area contributed by atoms with Crippen molar-refractivity contribution < 1.29 is 0 Å². The maximum Gasteiger partial charge on any atom is 0.191 e. The van der Waals surface area contributed by atoms with Gasteiger partial charge in [0.2, 0.25) is 0 Å². The molecule has 1 aliphatic heterocycles. The van der Waals surface area contributed by atoms with E-state index in [-0.39, 0.29) is 0 Å². The summed E-state index contributed by atoms with van der Waals surface area (Å²) in [6, 6.07) is 8.60. The third kappa shape index (κ3) is 4.48. The van der Waals surface area contributed by atoms with Gasteiger partial charge in [0, 0.05) is 42.1 Å². The lowest BCUT2D eigenvalue weighted by Gasteiger charge is -2.27. The SMILES string of the molecule is Cc1nc(-c2ccc(CCN=C(N)N3CCSCC3)cc2)cs1. The van der Waals surface area contributed by atoms with Crippen molar-refractivity contribution >= 4 is 29.1 Å². The molecule has 0 amide bonds. The van der Waals surface area contributed by atoms with Gasteiger partial charge in [0.1, 0.15) is 0 Å². The van der Waals surface area contributed by atoms with Crippen molar-refractivity contribution in [3.63, 3.8) is 0 Å². The van der Waals surface area contributed by atoms with Crippen molar-refractivity contribution in [2.75, 3.05) is 31.1 Å². The van der Waals surface area contributed by atoms with E-state index in [4.69, 9.17) is 5.73 Å². The van der Waals surface area contributed by atoms with Crippen LogP contribution in [0.25, 0.3) is 11.3 Å². The minimum Gasteiger partial charge on any atom is -0.370 e. The van der Waals surface area contributed by atoms with Gasteiger partial charge in [0.25, 0.3) is 0 Å². The van der Waals surface area contributed by atoms with Crippen LogP contribution in [-0.2, 0) is 6.42 Å². The molecule has 1 aliphatic rings. The molecule has 0 aliphatic carbocycles. The maximum absolute atomic E-state index is 6.07. The summed E-state index contributed by atoms with van der Waals surface area (Å²) in [4.78, 5) is 11.2. The quantitative estimate of drug-likeness (QED) is 0.683. The van der Waals surface area contributed by atoms with E-state index >= 15 is 0 Å². The summed E-state index contributed by atoms with van der Waals surface area (Å²) in [5, 5.41) is 3.21. The Morgan fingerprint density at radius 2 is 2.00 bits per heavy atom. The molecule has 0 bridgehead atoms. The lowest BCUT2D eigenvalue weighted by molar-refractivity contribution is 0.456. The highest BCUT2D eigenvalue weighted by atomic mass is 32.2. The molecule has 0 radical (unpaired) electrons. The number of hydrogen-bond acceptors (Lipinski definition) is 4. The van der Waals surface area contributed by atoms with Gasteiger partial charge in [-0.05, 0) is 18.9 Å². The standard InChI is InChI=1S/C17H22N4S2/c1-13-20-16(12-23-13)15-4-2-14(3-5-15)6-7-19-17(18)21-8-10-22-11-9-21/h2-5,12H,6-11H2,1H3,(H2,18,19). The average Bonchev–Trinajstić information content (AvgIpc) is 3.03. The number of guanidine groups is 1. The van der Waals surface area contributed by atoms with Gasteiger partial charge in [-0.25, -0.2) is 4.98 Å². The number of thiazole rings is 1. The number of hydrogen-bond donors (Lipinski definition) is 1. The monoisotopic (exact) mass is 346 g/mol. The molecule has 2 aromatic rings. The number of nitrogens with zero attached hydrogens (tertiary/aromatic N) is 3. The predicted octanol–water partition coefficient (Wildman–Crippen LogP) is 3.02. The summed E-state index contributed by atoms with van der Waals surface area (Å²) in [6.07, 6.45) is 0.916. The Balaban J connectivity index is 1.54. The van der Waals surface area contributed by atoms with Gasteiger partial charge in [0.05, 0.1) is 10.7 Å². The van der Waals surface area contributed by atoms with Crippen LogP contribution in [0.1, 0.15) is 10.6 Å². The summed E-state index contributed by atoms with van der Waals surface area (Å²) < 4.78 is 0. The van der Waals surface area contributed by atoms with Crippen molar-refractivity contribution in [3.05, 3.63) is 40.2 Å². The largest absolute Gasteiger partial charge is 0.370 e. The Morgan fingerprint density at radius 3 is 2.65 bits per heavy atom. The van der Waals surface area contributed by atoms with Crippen LogP contribution in [-0.4, -0.2) is 47.0 Å². The van der Waals surface area contributed by atoms with Gasteiger partial charge in [0.15, 0.2) is 5.96 Å². The fourth-order valence-electron chi connectivity index (χ4n) is 2.53. The van der Waals surface area contributed by atoms with Crippen LogP contribution in [0.2, 0.25) is 0 Å². The summed E-state index contributed by atoms with van der Waals surface area (Å²) in [5.41, 5.74) is 9.59. The van der Waals surface area contributed by atoms with Crippen LogP contribution in [0.3, 0.4) is 0 Å². The fraction of sp³-hybridized carbons (Fsp3) is 0.412. The number of nitrogens with two attached hydrogens (primary N) is 1. The van der Waals surface area contributed by atoms with E-state index in [1.807, 2.05) is 18.7 Å². The minimum absolute atomic E-state index is 0.694. The molecule has 6 heteroatoms. The molecule has 122 valence electrons. The Kier molecular flexibility index (Phi) is 5.56. The van der Waals surface area contributed by atoms with Crippen molar-refractivity contribution in [1.29, 1.82) is 0 Å². The maximum atomic E-state index is 6.07. The Morgan fingerprint density at radius 1 is 1.26 bits per heavy atom. The molecule has 1 saturated heterocycles. The van der Waals surface area contributed by atoms with E-state index in [2.05, 4.69) is 44.5 Å². The Labute approximate surface area is 145 Å². The molecule has 23 heavy (non-hydrogen) atoms. The fourth-order valence-corrected chi connectivity index (χ4v) is 4.06. The van der Waals surface area contributed by atoms with Crippen LogP contribution in [0.4, 0.5) is 0 Å². The van der Waals surface area contributed by atoms with E-state index in [0.717, 1.165) is 48.3 Å². The number of benzene rings is 1. The number of thioether (sulfide) groups is 1. The smallest absolute Gasteiger partial charge is 0.191 e. The first-order valence-electron chi connectivity index (χ1n) is 7.86. The highest BCUT2D eigenvalue weighted by molar-refractivity contribution is 7.99. The van der Waals surface area contributed by atoms with Crippen LogP contribution >= 0.6 is 23.1 Å². The van der Waals surface area contributed by atoms with Gasteiger partial charge >= 0.3 is 0 Å². The molecule has 0 atom stereocenters. The number of rotatable bonds is 4. The van der Waals surface area contributed by atoms with Crippen LogP contribution < -0.4 is 5.73 Å². The normalized spacial score (nSPS) is 15.9. The van der Waals surface area contributed by atoms with E-state index < -0.39 is 0 Å². The van der Waals surface area contributed by atoms with Crippen LogP contribution in [0, 0.1) is 6.92 Å². The van der Waals surface area contributed by atoms with Crippen LogP contribution in [0.5, 0.6) is 0 Å². The lowest BCUT2D eigenvalue weighted by Crippen LogP contribution is -2.42. The highest BCUT2D eigenvalue weighted by Crippen LogP contribution is 2.21. The van der Waals surface area contributed by atoms with Gasteiger partial charge in [-0.3, -0.25) is 4.99 Å². The topological polar surface area (TPSA) is 54.5 Å². The Bertz CT molecular complexity index is 657. The molecule has 1 aromatic carbocycles. The first-order valence-corrected chi connectivity index (χ1v) is 9.90. The van der Waals surface area contributed by atoms with Gasteiger partial charge in [-0.1, -0.05) is 24.3 Å². The molecule has 1 aromatic heterocycles. The molecular weight excluding hydrogens is 324 g/mol. The summed E-state index contributed by atoms with van der Waals surface area (Å²) in [5.74, 6) is 2.99. The van der Waals surface area contributed by atoms with Crippen molar-refractivity contribution in [1.82, 2.24) is 9.88 Å². The highest BCUT2D eigenvalue weighted by Gasteiger charge is 2.11. The first kappa shape index (κ1) is 16.3. The zero-order valence-electron chi connectivity index (χ0n) is 13.4. The van der Waals surface area contributed by atoms with E-state index in [0.29, 0.717) is 5.96 Å². The molecule has 0 saturated carbocycles. The summed E-state index contributed by atoms with van der Waals surface area (Å²) in [7, 11) is 0. The number of aromatic nitrogens is 1. The zero-order valence-corrected chi connectivity index (χ0v) is 15.0. The van der Waals surface area contributed by atoms with Gasteiger partial charge in [-0.2, -0.15) is 11.8 Å². The third-order valence-corrected chi connectivity index (χ3v) is 5.59. The zero-order chi connectivity index (χ0) is 16.1. The molecule has 0 unspecified atom stereocenters. The average molecular weight is 347 g/mol. The minimum atomic E-state index is 0.694. The lowest BCUT2D eigenvalue weighted by atomic mass is 10.1. The molecule has 3 rings (SSSR count). The third-order valence-electron chi connectivity index (χ3n) is 3.88. The summed E-state index contributed by atoms with van der Waals surface area (Å²) in [6.45, 7) is 4.81. The molecule has 1 fully saturated rings. The van der Waals surface area contributed by atoms with Crippen molar-refractivity contribution in [2.24, 2.45) is 10.7 Å². The van der Waals surface area contributed by atoms with E-state index in [1.54, 1.807) is 11.3 Å². The predicted molar refractivity (Wildman–Crippen MR) is 101 cm³/mol. The summed E-state index contributed by atoms with van der Waals surface area (Å²) >= 11 is 3.67. The molecule has 2 N–H and O–H groups in total.